The van der Waals surface area contributed by atoms with E-state index in [-0.39, 0.29) is 23.6 Å². The second kappa shape index (κ2) is 6.21. The number of aryl methyl sites for hydroxylation is 1. The van der Waals surface area contributed by atoms with E-state index in [1.807, 2.05) is 0 Å². The van der Waals surface area contributed by atoms with E-state index >= 15 is 0 Å². The highest BCUT2D eigenvalue weighted by Gasteiger charge is 2.33. The smallest absolute Gasteiger partial charge is 0.243 e. The van der Waals surface area contributed by atoms with Crippen LogP contribution in [0.4, 0.5) is 10.1 Å². The van der Waals surface area contributed by atoms with Crippen molar-refractivity contribution in [2.24, 2.45) is 11.1 Å². The minimum atomic E-state index is -4.20. The number of primary sulfonamides is 1. The average Bonchev–Trinajstić information content (AvgIpc) is 2.83. The van der Waals surface area contributed by atoms with Gasteiger partial charge in [0.1, 0.15) is 10.7 Å². The van der Waals surface area contributed by atoms with Gasteiger partial charge < -0.3 is 10.6 Å². The predicted octanol–water partition coefficient (Wildman–Crippen LogP) is 1.11. The van der Waals surface area contributed by atoms with Gasteiger partial charge >= 0.3 is 0 Å². The molecule has 0 bridgehead atoms. The van der Waals surface area contributed by atoms with Crippen LogP contribution in [0.15, 0.2) is 17.0 Å². The maximum atomic E-state index is 14.0. The summed E-state index contributed by atoms with van der Waals surface area (Å²) < 4.78 is 37.3. The molecule has 1 aliphatic rings. The van der Waals surface area contributed by atoms with E-state index in [1.54, 1.807) is 14.0 Å². The summed E-state index contributed by atoms with van der Waals surface area (Å²) >= 11 is 0. The standard InChI is InChI=1S/C14H20FN3O3S/c1-8-6-10(15)13(22(16,20)21)12(7-8)18-11-5-3-4-9(11)14(19)17-2/h6-7,9,11,18H,3-5H2,1-2H3,(H,17,19)(H2,16,20,21). The van der Waals surface area contributed by atoms with Gasteiger partial charge in [0, 0.05) is 13.1 Å². The second-order valence-corrected chi connectivity index (χ2v) is 7.07. The van der Waals surface area contributed by atoms with Gasteiger partial charge in [-0.15, -0.1) is 0 Å². The monoisotopic (exact) mass is 329 g/mol. The number of benzene rings is 1. The van der Waals surface area contributed by atoms with Gasteiger partial charge in [0.05, 0.1) is 11.6 Å². The Morgan fingerprint density at radius 3 is 2.64 bits per heavy atom. The van der Waals surface area contributed by atoms with Gasteiger partial charge in [0.25, 0.3) is 0 Å². The Kier molecular flexibility index (Phi) is 4.72. The molecule has 1 saturated carbocycles. The summed E-state index contributed by atoms with van der Waals surface area (Å²) in [6.45, 7) is 1.66. The van der Waals surface area contributed by atoms with E-state index in [0.29, 0.717) is 18.4 Å². The van der Waals surface area contributed by atoms with Gasteiger partial charge in [-0.25, -0.2) is 17.9 Å². The van der Waals surface area contributed by atoms with Crippen LogP contribution in [0.3, 0.4) is 0 Å². The molecule has 0 spiro atoms. The van der Waals surface area contributed by atoms with Crippen LogP contribution >= 0.6 is 0 Å². The van der Waals surface area contributed by atoms with E-state index in [0.717, 1.165) is 12.5 Å². The van der Waals surface area contributed by atoms with Gasteiger partial charge in [-0.3, -0.25) is 4.79 Å². The number of anilines is 1. The molecule has 1 aromatic carbocycles. The van der Waals surface area contributed by atoms with E-state index in [4.69, 9.17) is 5.14 Å². The number of rotatable bonds is 4. The largest absolute Gasteiger partial charge is 0.380 e. The lowest BCUT2D eigenvalue weighted by Crippen LogP contribution is -2.36. The molecule has 8 heteroatoms. The molecule has 22 heavy (non-hydrogen) atoms. The van der Waals surface area contributed by atoms with E-state index in [1.165, 1.54) is 6.07 Å². The molecule has 1 aromatic rings. The third-order valence-electron chi connectivity index (χ3n) is 3.91. The summed E-state index contributed by atoms with van der Waals surface area (Å²) in [6.07, 6.45) is 2.25. The lowest BCUT2D eigenvalue weighted by Gasteiger charge is -2.22. The summed E-state index contributed by atoms with van der Waals surface area (Å²) in [5, 5.41) is 10.7. The van der Waals surface area contributed by atoms with Crippen molar-refractivity contribution in [1.29, 1.82) is 0 Å². The van der Waals surface area contributed by atoms with Gasteiger partial charge in [-0.05, 0) is 37.5 Å². The quantitative estimate of drug-likeness (QED) is 0.770. The molecule has 0 aliphatic heterocycles. The number of hydrogen-bond acceptors (Lipinski definition) is 4. The highest BCUT2D eigenvalue weighted by molar-refractivity contribution is 7.89. The minimum Gasteiger partial charge on any atom is -0.380 e. The van der Waals surface area contributed by atoms with Crippen molar-refractivity contribution < 1.29 is 17.6 Å². The number of carbonyl (C=O) groups excluding carboxylic acids is 1. The SMILES string of the molecule is CNC(=O)C1CCCC1Nc1cc(C)cc(F)c1S(N)(=O)=O. The van der Waals surface area contributed by atoms with Crippen LogP contribution < -0.4 is 15.8 Å². The third kappa shape index (κ3) is 3.38. The second-order valence-electron chi connectivity index (χ2n) is 5.57. The summed E-state index contributed by atoms with van der Waals surface area (Å²) in [4.78, 5) is 11.3. The fourth-order valence-corrected chi connectivity index (χ4v) is 3.71. The van der Waals surface area contributed by atoms with Crippen molar-refractivity contribution in [3.05, 3.63) is 23.5 Å². The fraction of sp³-hybridized carbons (Fsp3) is 0.500. The van der Waals surface area contributed by atoms with Crippen molar-refractivity contribution in [3.63, 3.8) is 0 Å². The molecule has 2 rings (SSSR count). The summed E-state index contributed by atoms with van der Waals surface area (Å²) in [6, 6.07) is 2.40. The van der Waals surface area contributed by atoms with Crippen LogP contribution in [0.1, 0.15) is 24.8 Å². The zero-order valence-electron chi connectivity index (χ0n) is 12.5. The first-order chi connectivity index (χ1) is 10.2. The van der Waals surface area contributed by atoms with Crippen LogP contribution in [0.2, 0.25) is 0 Å². The van der Waals surface area contributed by atoms with Crippen molar-refractivity contribution in [3.8, 4) is 0 Å². The van der Waals surface area contributed by atoms with E-state index in [2.05, 4.69) is 10.6 Å². The molecule has 6 nitrogen and oxygen atoms in total. The number of hydrogen-bond donors (Lipinski definition) is 3. The Morgan fingerprint density at radius 1 is 1.36 bits per heavy atom. The number of nitrogens with two attached hydrogens (primary N) is 1. The summed E-state index contributed by atoms with van der Waals surface area (Å²) in [5.41, 5.74) is 0.683. The predicted molar refractivity (Wildman–Crippen MR) is 81.3 cm³/mol. The van der Waals surface area contributed by atoms with Crippen LogP contribution in [0, 0.1) is 18.7 Å². The number of halogens is 1. The molecule has 2 atom stereocenters. The normalized spacial score (nSPS) is 21.6. The Balaban J connectivity index is 2.39. The first-order valence-electron chi connectivity index (χ1n) is 7.05. The first kappa shape index (κ1) is 16.7. The van der Waals surface area contributed by atoms with Crippen LogP contribution in [-0.4, -0.2) is 27.4 Å². The topological polar surface area (TPSA) is 101 Å². The van der Waals surface area contributed by atoms with Crippen LogP contribution in [-0.2, 0) is 14.8 Å². The zero-order valence-corrected chi connectivity index (χ0v) is 13.3. The molecule has 2 unspecified atom stereocenters. The highest BCUT2D eigenvalue weighted by atomic mass is 32.2. The van der Waals surface area contributed by atoms with Gasteiger partial charge in [0.15, 0.2) is 0 Å². The molecular formula is C14H20FN3O3S. The molecule has 0 aromatic heterocycles. The number of amides is 1. The third-order valence-corrected chi connectivity index (χ3v) is 4.90. The average molecular weight is 329 g/mol. The Labute approximate surface area is 129 Å². The Bertz CT molecular complexity index is 691. The lowest BCUT2D eigenvalue weighted by atomic mass is 10.0. The van der Waals surface area contributed by atoms with Crippen molar-refractivity contribution >= 4 is 21.6 Å². The number of carbonyl (C=O) groups is 1. The maximum absolute atomic E-state index is 14.0. The Morgan fingerprint density at radius 2 is 2.05 bits per heavy atom. The van der Waals surface area contributed by atoms with E-state index in [9.17, 15) is 17.6 Å². The summed E-state index contributed by atoms with van der Waals surface area (Å²) in [7, 11) is -2.65. The molecule has 122 valence electrons. The highest BCUT2D eigenvalue weighted by Crippen LogP contribution is 2.32. The van der Waals surface area contributed by atoms with Gasteiger partial charge in [-0.2, -0.15) is 0 Å². The van der Waals surface area contributed by atoms with Crippen molar-refractivity contribution in [2.75, 3.05) is 12.4 Å². The van der Waals surface area contributed by atoms with Crippen molar-refractivity contribution in [2.45, 2.75) is 37.1 Å². The molecule has 0 heterocycles. The molecule has 1 aliphatic carbocycles. The molecule has 0 radical (unpaired) electrons. The van der Waals surface area contributed by atoms with Crippen molar-refractivity contribution in [1.82, 2.24) is 5.32 Å². The molecule has 0 saturated heterocycles. The van der Waals surface area contributed by atoms with Crippen LogP contribution in [0.25, 0.3) is 0 Å². The molecule has 1 amide bonds. The van der Waals surface area contributed by atoms with E-state index < -0.39 is 20.7 Å². The fourth-order valence-electron chi connectivity index (χ4n) is 2.96. The Hall–Kier alpha value is -1.67. The number of nitrogens with one attached hydrogen (secondary N) is 2. The first-order valence-corrected chi connectivity index (χ1v) is 8.59. The van der Waals surface area contributed by atoms with Gasteiger partial charge in [0.2, 0.25) is 15.9 Å². The maximum Gasteiger partial charge on any atom is 0.243 e. The minimum absolute atomic E-state index is 0.111. The van der Waals surface area contributed by atoms with Crippen LogP contribution in [0.5, 0.6) is 0 Å². The lowest BCUT2D eigenvalue weighted by molar-refractivity contribution is -0.124. The summed E-state index contributed by atoms with van der Waals surface area (Å²) in [5.74, 6) is -1.28. The van der Waals surface area contributed by atoms with Gasteiger partial charge in [-0.1, -0.05) is 6.42 Å². The molecule has 1 fully saturated rings. The molecule has 4 N–H and O–H groups in total. The zero-order chi connectivity index (χ0) is 16.5. The number of sulfonamides is 1. The molecular weight excluding hydrogens is 309 g/mol.